The number of carboxylic acids is 1. The molecule has 0 aromatic heterocycles. The average molecular weight is 325 g/mol. The summed E-state index contributed by atoms with van der Waals surface area (Å²) in [5, 5.41) is 19.1. The predicted molar refractivity (Wildman–Crippen MR) is 91.8 cm³/mol. The van der Waals surface area contributed by atoms with Gasteiger partial charge in [0.1, 0.15) is 5.84 Å². The number of nitrogen functional groups attached to an aromatic ring is 1. The standard InChI is InChI=1S/C18H19N3O3/c19-18(20)14-5-1-4-13(9-14)15-6-2-3-12(7-8-17(23)24)16(15)10-21-11-22/h1-6,9,11H,7-8,10H2,(H3,19,20)(H,21,22)(H,23,24). The van der Waals surface area contributed by atoms with Gasteiger partial charge in [-0.3, -0.25) is 15.0 Å². The van der Waals surface area contributed by atoms with Crippen molar-refractivity contribution in [3.63, 3.8) is 0 Å². The lowest BCUT2D eigenvalue weighted by Gasteiger charge is -2.15. The number of aliphatic carboxylic acids is 1. The number of hydrogen-bond donors (Lipinski definition) is 4. The zero-order valence-corrected chi connectivity index (χ0v) is 13.1. The van der Waals surface area contributed by atoms with Crippen LogP contribution in [0.25, 0.3) is 11.1 Å². The molecule has 0 spiro atoms. The highest BCUT2D eigenvalue weighted by atomic mass is 16.4. The van der Waals surface area contributed by atoms with Gasteiger partial charge in [-0.2, -0.15) is 0 Å². The number of carbonyl (C=O) groups is 2. The largest absolute Gasteiger partial charge is 0.481 e. The van der Waals surface area contributed by atoms with Crippen LogP contribution in [0.3, 0.4) is 0 Å². The van der Waals surface area contributed by atoms with Crippen LogP contribution in [-0.2, 0) is 22.6 Å². The summed E-state index contributed by atoms with van der Waals surface area (Å²) in [5.74, 6) is -0.889. The minimum absolute atomic E-state index is 0.0189. The van der Waals surface area contributed by atoms with Crippen LogP contribution in [0.1, 0.15) is 23.1 Å². The van der Waals surface area contributed by atoms with Gasteiger partial charge in [0.05, 0.1) is 0 Å². The quantitative estimate of drug-likeness (QED) is 0.337. The summed E-state index contributed by atoms with van der Waals surface area (Å²) < 4.78 is 0. The molecule has 2 rings (SSSR count). The number of carboxylic acid groups (broad SMARTS) is 1. The van der Waals surface area contributed by atoms with Gasteiger partial charge in [-0.15, -0.1) is 0 Å². The third-order valence-electron chi connectivity index (χ3n) is 3.73. The van der Waals surface area contributed by atoms with Gasteiger partial charge in [-0.1, -0.05) is 36.4 Å². The molecule has 1 amide bonds. The van der Waals surface area contributed by atoms with E-state index in [4.69, 9.17) is 16.2 Å². The molecule has 0 saturated carbocycles. The van der Waals surface area contributed by atoms with E-state index in [0.29, 0.717) is 24.9 Å². The molecule has 24 heavy (non-hydrogen) atoms. The summed E-state index contributed by atoms with van der Waals surface area (Å²) in [6.07, 6.45) is 1.01. The lowest BCUT2D eigenvalue weighted by Crippen LogP contribution is -2.14. The van der Waals surface area contributed by atoms with Crippen LogP contribution in [0.15, 0.2) is 42.5 Å². The summed E-state index contributed by atoms with van der Waals surface area (Å²) in [6.45, 7) is 0.304. The Hall–Kier alpha value is -3.15. The van der Waals surface area contributed by atoms with Crippen LogP contribution in [-0.4, -0.2) is 23.3 Å². The molecule has 0 heterocycles. The van der Waals surface area contributed by atoms with Gasteiger partial charge in [0, 0.05) is 18.5 Å². The third-order valence-corrected chi connectivity index (χ3v) is 3.73. The number of rotatable bonds is 8. The maximum atomic E-state index is 10.9. The fourth-order valence-electron chi connectivity index (χ4n) is 2.59. The first kappa shape index (κ1) is 17.2. The van der Waals surface area contributed by atoms with Crippen molar-refractivity contribution in [3.05, 3.63) is 59.2 Å². The summed E-state index contributed by atoms with van der Waals surface area (Å²) >= 11 is 0. The molecule has 0 fully saturated rings. The van der Waals surface area contributed by atoms with E-state index in [1.54, 1.807) is 6.07 Å². The van der Waals surface area contributed by atoms with E-state index in [1.807, 2.05) is 36.4 Å². The van der Waals surface area contributed by atoms with Crippen LogP contribution in [0.5, 0.6) is 0 Å². The van der Waals surface area contributed by atoms with Crippen LogP contribution < -0.4 is 11.1 Å². The highest BCUT2D eigenvalue weighted by molar-refractivity contribution is 5.96. The topological polar surface area (TPSA) is 116 Å². The molecule has 0 unspecified atom stereocenters. The predicted octanol–water partition coefficient (Wildman–Crippen LogP) is 1.90. The molecule has 0 aliphatic rings. The van der Waals surface area contributed by atoms with Crippen LogP contribution >= 0.6 is 0 Å². The fourth-order valence-corrected chi connectivity index (χ4v) is 2.59. The van der Waals surface area contributed by atoms with Crippen molar-refractivity contribution in [1.82, 2.24) is 5.32 Å². The molecular weight excluding hydrogens is 306 g/mol. The molecule has 0 saturated heterocycles. The molecule has 5 N–H and O–H groups in total. The first-order valence-electron chi connectivity index (χ1n) is 7.47. The Labute approximate surface area is 139 Å². The van der Waals surface area contributed by atoms with Crippen LogP contribution in [0.2, 0.25) is 0 Å². The van der Waals surface area contributed by atoms with Gasteiger partial charge in [-0.25, -0.2) is 0 Å². The number of nitrogens with two attached hydrogens (primary N) is 1. The number of benzene rings is 2. The Morgan fingerprint density at radius 1 is 1.25 bits per heavy atom. The molecule has 0 aliphatic carbocycles. The number of aryl methyl sites for hydroxylation is 1. The first-order chi connectivity index (χ1) is 11.5. The van der Waals surface area contributed by atoms with Gasteiger partial charge < -0.3 is 16.2 Å². The molecule has 0 bridgehead atoms. The summed E-state index contributed by atoms with van der Waals surface area (Å²) in [4.78, 5) is 21.6. The second kappa shape index (κ2) is 7.92. The van der Waals surface area contributed by atoms with Crippen LogP contribution in [0.4, 0.5) is 0 Å². The van der Waals surface area contributed by atoms with Crippen molar-refractivity contribution < 1.29 is 14.7 Å². The Morgan fingerprint density at radius 2 is 2.00 bits per heavy atom. The molecule has 2 aromatic carbocycles. The Kier molecular flexibility index (Phi) is 5.68. The third kappa shape index (κ3) is 4.19. The minimum Gasteiger partial charge on any atom is -0.481 e. The van der Waals surface area contributed by atoms with Crippen molar-refractivity contribution in [2.24, 2.45) is 5.73 Å². The molecule has 124 valence electrons. The van der Waals surface area contributed by atoms with Crippen molar-refractivity contribution in [1.29, 1.82) is 5.41 Å². The van der Waals surface area contributed by atoms with E-state index in [-0.39, 0.29) is 12.3 Å². The SMILES string of the molecule is N=C(N)c1cccc(-c2cccc(CCC(=O)O)c2CNC=O)c1. The number of carbonyl (C=O) groups excluding carboxylic acids is 1. The smallest absolute Gasteiger partial charge is 0.303 e. The maximum Gasteiger partial charge on any atom is 0.303 e. The second-order valence-electron chi connectivity index (χ2n) is 5.33. The number of amidine groups is 1. The molecule has 0 radical (unpaired) electrons. The summed E-state index contributed by atoms with van der Waals surface area (Å²) in [7, 11) is 0. The van der Waals surface area contributed by atoms with E-state index in [2.05, 4.69) is 5.32 Å². The van der Waals surface area contributed by atoms with E-state index >= 15 is 0 Å². The van der Waals surface area contributed by atoms with Gasteiger partial charge in [0.25, 0.3) is 0 Å². The Balaban J connectivity index is 2.49. The highest BCUT2D eigenvalue weighted by Crippen LogP contribution is 2.28. The van der Waals surface area contributed by atoms with E-state index in [9.17, 15) is 9.59 Å². The van der Waals surface area contributed by atoms with Crippen molar-refractivity contribution in [2.75, 3.05) is 0 Å². The van der Waals surface area contributed by atoms with E-state index < -0.39 is 5.97 Å². The second-order valence-corrected chi connectivity index (χ2v) is 5.33. The van der Waals surface area contributed by atoms with Crippen LogP contribution in [0, 0.1) is 5.41 Å². The molecule has 6 nitrogen and oxygen atoms in total. The zero-order chi connectivity index (χ0) is 17.5. The Bertz CT molecular complexity index is 772. The normalized spacial score (nSPS) is 10.2. The maximum absolute atomic E-state index is 10.9. The number of nitrogens with one attached hydrogen (secondary N) is 2. The lowest BCUT2D eigenvalue weighted by molar-refractivity contribution is -0.137. The van der Waals surface area contributed by atoms with Gasteiger partial charge >= 0.3 is 5.97 Å². The summed E-state index contributed by atoms with van der Waals surface area (Å²) in [5.41, 5.74) is 9.65. The van der Waals surface area contributed by atoms with Crippen molar-refractivity contribution in [2.45, 2.75) is 19.4 Å². The molecule has 2 aromatic rings. The molecule has 0 atom stereocenters. The average Bonchev–Trinajstić information content (AvgIpc) is 2.58. The summed E-state index contributed by atoms with van der Waals surface area (Å²) in [6, 6.07) is 12.9. The fraction of sp³-hybridized carbons (Fsp3) is 0.167. The van der Waals surface area contributed by atoms with Crippen molar-refractivity contribution >= 4 is 18.2 Å². The lowest BCUT2D eigenvalue weighted by atomic mass is 9.92. The zero-order valence-electron chi connectivity index (χ0n) is 13.1. The monoisotopic (exact) mass is 325 g/mol. The molecular formula is C18H19N3O3. The number of hydrogen-bond acceptors (Lipinski definition) is 3. The number of amides is 1. The minimum atomic E-state index is -0.867. The Morgan fingerprint density at radius 3 is 2.67 bits per heavy atom. The van der Waals surface area contributed by atoms with Gasteiger partial charge in [-0.05, 0) is 34.7 Å². The highest BCUT2D eigenvalue weighted by Gasteiger charge is 2.12. The molecule has 6 heteroatoms. The van der Waals surface area contributed by atoms with E-state index in [1.165, 1.54) is 0 Å². The molecule has 0 aliphatic heterocycles. The first-order valence-corrected chi connectivity index (χ1v) is 7.47. The van der Waals surface area contributed by atoms with E-state index in [0.717, 1.165) is 22.3 Å². The van der Waals surface area contributed by atoms with Crippen molar-refractivity contribution in [3.8, 4) is 11.1 Å². The van der Waals surface area contributed by atoms with Gasteiger partial charge in [0.2, 0.25) is 6.41 Å². The van der Waals surface area contributed by atoms with Gasteiger partial charge in [0.15, 0.2) is 0 Å².